The fourth-order valence-electron chi connectivity index (χ4n) is 4.62. The fraction of sp³-hybridized carbons (Fsp3) is 0.320. The highest BCUT2D eigenvalue weighted by atomic mass is 16.4. The summed E-state index contributed by atoms with van der Waals surface area (Å²) in [4.78, 5) is 20.8. The highest BCUT2D eigenvalue weighted by Gasteiger charge is 2.28. The van der Waals surface area contributed by atoms with Crippen molar-refractivity contribution in [2.45, 2.75) is 38.1 Å². The van der Waals surface area contributed by atoms with Gasteiger partial charge in [-0.1, -0.05) is 42.5 Å². The molecule has 0 radical (unpaired) electrons. The Labute approximate surface area is 186 Å². The second-order valence-corrected chi connectivity index (χ2v) is 8.22. The van der Waals surface area contributed by atoms with Crippen molar-refractivity contribution in [1.29, 1.82) is 0 Å². The predicted octanol–water partition coefficient (Wildman–Crippen LogP) is 3.51. The predicted molar refractivity (Wildman–Crippen MR) is 120 cm³/mol. The van der Waals surface area contributed by atoms with Gasteiger partial charge in [0, 0.05) is 18.8 Å². The van der Waals surface area contributed by atoms with Crippen LogP contribution in [0.4, 0.5) is 0 Å². The van der Waals surface area contributed by atoms with E-state index in [0.717, 1.165) is 13.0 Å². The SMILES string of the molecule is O=C(O)C(=O)O.c1ccc(-n2ncc3c2CCC3CCN2CCc3ccccc3C2)cc1. The van der Waals surface area contributed by atoms with Gasteiger partial charge in [0.05, 0.1) is 11.9 Å². The summed E-state index contributed by atoms with van der Waals surface area (Å²) in [6, 6.07) is 19.4. The molecule has 0 amide bonds. The van der Waals surface area contributed by atoms with Crippen molar-refractivity contribution < 1.29 is 19.8 Å². The van der Waals surface area contributed by atoms with E-state index < -0.39 is 11.9 Å². The number of aromatic nitrogens is 2. The van der Waals surface area contributed by atoms with Gasteiger partial charge >= 0.3 is 11.9 Å². The van der Waals surface area contributed by atoms with Crippen molar-refractivity contribution in [2.24, 2.45) is 0 Å². The molecule has 166 valence electrons. The lowest BCUT2D eigenvalue weighted by Crippen LogP contribution is -2.31. The molecule has 32 heavy (non-hydrogen) atoms. The Bertz CT molecular complexity index is 1080. The Hall–Kier alpha value is -3.45. The molecule has 0 saturated heterocycles. The van der Waals surface area contributed by atoms with Gasteiger partial charge in [0.2, 0.25) is 0 Å². The summed E-state index contributed by atoms with van der Waals surface area (Å²) < 4.78 is 2.15. The maximum absolute atomic E-state index is 9.10. The number of nitrogens with zero attached hydrogens (tertiary/aromatic N) is 3. The highest BCUT2D eigenvalue weighted by Crippen LogP contribution is 2.36. The van der Waals surface area contributed by atoms with Crippen LogP contribution in [0.2, 0.25) is 0 Å². The number of carboxylic acid groups (broad SMARTS) is 2. The lowest BCUT2D eigenvalue weighted by atomic mass is 9.97. The van der Waals surface area contributed by atoms with Crippen LogP contribution < -0.4 is 0 Å². The summed E-state index contributed by atoms with van der Waals surface area (Å²) in [7, 11) is 0. The molecule has 2 N–H and O–H groups in total. The van der Waals surface area contributed by atoms with E-state index in [-0.39, 0.29) is 0 Å². The maximum Gasteiger partial charge on any atom is 0.414 e. The van der Waals surface area contributed by atoms with Crippen LogP contribution in [0.5, 0.6) is 0 Å². The van der Waals surface area contributed by atoms with E-state index in [2.05, 4.69) is 75.5 Å². The molecule has 0 fully saturated rings. The molecule has 0 spiro atoms. The fourth-order valence-corrected chi connectivity index (χ4v) is 4.62. The number of rotatable bonds is 4. The van der Waals surface area contributed by atoms with Gasteiger partial charge in [0.15, 0.2) is 0 Å². The van der Waals surface area contributed by atoms with Crippen LogP contribution in [0, 0.1) is 0 Å². The molecule has 5 rings (SSSR count). The van der Waals surface area contributed by atoms with E-state index >= 15 is 0 Å². The number of carbonyl (C=O) groups is 2. The number of hydrogen-bond acceptors (Lipinski definition) is 4. The number of hydrogen-bond donors (Lipinski definition) is 2. The van der Waals surface area contributed by atoms with Crippen molar-refractivity contribution in [3.8, 4) is 5.69 Å². The molecule has 1 unspecified atom stereocenters. The van der Waals surface area contributed by atoms with Crippen LogP contribution in [0.25, 0.3) is 5.69 Å². The average molecular weight is 434 g/mol. The molecular weight excluding hydrogens is 406 g/mol. The molecule has 2 aromatic carbocycles. The van der Waals surface area contributed by atoms with Gasteiger partial charge in [-0.2, -0.15) is 5.10 Å². The van der Waals surface area contributed by atoms with E-state index in [9.17, 15) is 0 Å². The third-order valence-electron chi connectivity index (χ3n) is 6.26. The Morgan fingerprint density at radius 1 is 0.938 bits per heavy atom. The molecule has 7 nitrogen and oxygen atoms in total. The second-order valence-electron chi connectivity index (χ2n) is 8.22. The largest absolute Gasteiger partial charge is 0.473 e. The van der Waals surface area contributed by atoms with Crippen molar-refractivity contribution in [2.75, 3.05) is 13.1 Å². The quantitative estimate of drug-likeness (QED) is 0.612. The second kappa shape index (κ2) is 9.78. The number of benzene rings is 2. The smallest absolute Gasteiger partial charge is 0.414 e. The Morgan fingerprint density at radius 2 is 1.62 bits per heavy atom. The number of aliphatic carboxylic acids is 2. The number of para-hydroxylation sites is 1. The first-order chi connectivity index (χ1) is 15.5. The summed E-state index contributed by atoms with van der Waals surface area (Å²) >= 11 is 0. The summed E-state index contributed by atoms with van der Waals surface area (Å²) in [5.74, 6) is -2.98. The Kier molecular flexibility index (Phi) is 6.66. The van der Waals surface area contributed by atoms with Gasteiger partial charge in [0.1, 0.15) is 0 Å². The molecule has 1 atom stereocenters. The zero-order valence-corrected chi connectivity index (χ0v) is 17.9. The van der Waals surface area contributed by atoms with Crippen LogP contribution >= 0.6 is 0 Å². The summed E-state index contributed by atoms with van der Waals surface area (Å²) in [5.41, 5.74) is 7.14. The van der Waals surface area contributed by atoms with E-state index in [1.54, 1.807) is 0 Å². The zero-order chi connectivity index (χ0) is 22.5. The molecule has 0 bridgehead atoms. The molecule has 7 heteroatoms. The molecule has 1 aliphatic carbocycles. The number of carboxylic acids is 2. The lowest BCUT2D eigenvalue weighted by molar-refractivity contribution is -0.159. The van der Waals surface area contributed by atoms with E-state index in [1.807, 2.05) is 0 Å². The normalized spacial score (nSPS) is 17.1. The van der Waals surface area contributed by atoms with Crippen molar-refractivity contribution in [3.63, 3.8) is 0 Å². The topological polar surface area (TPSA) is 95.7 Å². The minimum atomic E-state index is -1.82. The first-order valence-electron chi connectivity index (χ1n) is 10.9. The third kappa shape index (κ3) is 4.89. The zero-order valence-electron chi connectivity index (χ0n) is 17.9. The van der Waals surface area contributed by atoms with Gasteiger partial charge < -0.3 is 10.2 Å². The van der Waals surface area contributed by atoms with Gasteiger partial charge in [-0.3, -0.25) is 4.90 Å². The van der Waals surface area contributed by atoms with E-state index in [0.29, 0.717) is 5.92 Å². The molecule has 2 heterocycles. The summed E-state index contributed by atoms with van der Waals surface area (Å²) in [6.45, 7) is 3.49. The molecular formula is C25H27N3O4. The monoisotopic (exact) mass is 433 g/mol. The molecule has 0 saturated carbocycles. The lowest BCUT2D eigenvalue weighted by Gasteiger charge is -2.29. The van der Waals surface area contributed by atoms with Gasteiger partial charge in [0.25, 0.3) is 0 Å². The average Bonchev–Trinajstić information content (AvgIpc) is 3.41. The Morgan fingerprint density at radius 3 is 2.34 bits per heavy atom. The van der Waals surface area contributed by atoms with Gasteiger partial charge in [-0.05, 0) is 67.0 Å². The molecule has 1 aliphatic heterocycles. The minimum Gasteiger partial charge on any atom is -0.473 e. The van der Waals surface area contributed by atoms with Crippen LogP contribution in [-0.2, 0) is 29.0 Å². The van der Waals surface area contributed by atoms with Gasteiger partial charge in [-0.15, -0.1) is 0 Å². The molecule has 2 aliphatic rings. The van der Waals surface area contributed by atoms with Crippen LogP contribution in [-0.4, -0.2) is 49.9 Å². The van der Waals surface area contributed by atoms with Crippen LogP contribution in [0.15, 0.2) is 60.8 Å². The molecule has 1 aromatic heterocycles. The first kappa shape index (κ1) is 21.8. The van der Waals surface area contributed by atoms with Crippen molar-refractivity contribution in [3.05, 3.63) is 83.2 Å². The standard InChI is InChI=1S/C23H25N3.C2H2O4/c1-2-8-21(9-3-1)26-23-11-10-19(22(23)16-24-26)13-15-25-14-12-18-6-4-5-7-20(18)17-25;3-1(4)2(5)6/h1-9,16,19H,10-15,17H2;(H,3,4)(H,5,6). The van der Waals surface area contributed by atoms with E-state index in [4.69, 9.17) is 19.8 Å². The third-order valence-corrected chi connectivity index (χ3v) is 6.26. The van der Waals surface area contributed by atoms with Crippen molar-refractivity contribution in [1.82, 2.24) is 14.7 Å². The molecule has 3 aromatic rings. The highest BCUT2D eigenvalue weighted by molar-refractivity contribution is 6.27. The van der Waals surface area contributed by atoms with Crippen molar-refractivity contribution >= 4 is 11.9 Å². The van der Waals surface area contributed by atoms with Crippen LogP contribution in [0.3, 0.4) is 0 Å². The minimum absolute atomic E-state index is 0.666. The summed E-state index contributed by atoms with van der Waals surface area (Å²) in [5, 5.41) is 19.5. The van der Waals surface area contributed by atoms with E-state index in [1.165, 1.54) is 60.4 Å². The Balaban J connectivity index is 0.000000363. The van der Waals surface area contributed by atoms with Crippen LogP contribution in [0.1, 0.15) is 41.1 Å². The van der Waals surface area contributed by atoms with Gasteiger partial charge in [-0.25, -0.2) is 14.3 Å². The summed E-state index contributed by atoms with van der Waals surface area (Å²) in [6.07, 6.45) is 6.97. The maximum atomic E-state index is 9.10. The number of fused-ring (bicyclic) bond motifs is 2. The first-order valence-corrected chi connectivity index (χ1v) is 10.9.